The van der Waals surface area contributed by atoms with Gasteiger partial charge in [-0.25, -0.2) is 4.98 Å². The average Bonchev–Trinajstić information content (AvgIpc) is 2.87. The molecular formula is C11H16N2O3. The minimum Gasteiger partial charge on any atom is -0.481 e. The van der Waals surface area contributed by atoms with Crippen LogP contribution in [0.4, 0.5) is 0 Å². The van der Waals surface area contributed by atoms with Crippen LogP contribution >= 0.6 is 0 Å². The van der Waals surface area contributed by atoms with Gasteiger partial charge in [-0.2, -0.15) is 0 Å². The third-order valence-corrected chi connectivity index (χ3v) is 2.81. The molecule has 1 aliphatic rings. The monoisotopic (exact) mass is 224 g/mol. The van der Waals surface area contributed by atoms with Crippen molar-refractivity contribution in [1.29, 1.82) is 0 Å². The number of carbonyl (C=O) groups is 1. The molecule has 0 radical (unpaired) electrons. The summed E-state index contributed by atoms with van der Waals surface area (Å²) >= 11 is 0. The first-order valence-electron chi connectivity index (χ1n) is 5.60. The van der Waals surface area contributed by atoms with Gasteiger partial charge >= 0.3 is 5.97 Å². The molecule has 0 aromatic carbocycles. The Balaban J connectivity index is 1.84. The van der Waals surface area contributed by atoms with Crippen molar-refractivity contribution < 1.29 is 14.3 Å². The quantitative estimate of drug-likeness (QED) is 0.775. The Labute approximate surface area is 93.9 Å². The lowest BCUT2D eigenvalue weighted by atomic mass is 10.1. The van der Waals surface area contributed by atoms with Gasteiger partial charge in [-0.05, 0) is 25.4 Å². The summed E-state index contributed by atoms with van der Waals surface area (Å²) in [5.74, 6) is 1.20. The Morgan fingerprint density at radius 1 is 1.69 bits per heavy atom. The van der Waals surface area contributed by atoms with E-state index in [0.717, 1.165) is 31.8 Å². The third kappa shape index (κ3) is 3.06. The second-order valence-electron chi connectivity index (χ2n) is 4.18. The first-order valence-corrected chi connectivity index (χ1v) is 5.60. The number of oxazole rings is 1. The van der Waals surface area contributed by atoms with E-state index < -0.39 is 5.97 Å². The molecule has 5 nitrogen and oxygen atoms in total. The number of aryl methyl sites for hydroxylation is 1. The Hall–Kier alpha value is -1.36. The van der Waals surface area contributed by atoms with Crippen LogP contribution in [0.2, 0.25) is 0 Å². The molecule has 1 saturated heterocycles. The van der Waals surface area contributed by atoms with E-state index in [0.29, 0.717) is 18.1 Å². The van der Waals surface area contributed by atoms with Crippen LogP contribution in [0.1, 0.15) is 24.5 Å². The Kier molecular flexibility index (Phi) is 3.56. The zero-order valence-electron chi connectivity index (χ0n) is 9.11. The standard InChI is InChI=1S/C11H16N2O3/c14-11(15)2-1-9-7-13-10(16-9)5-8-3-4-12-6-8/h7-8,12H,1-6H2,(H,14,15). The average molecular weight is 224 g/mol. The van der Waals surface area contributed by atoms with E-state index in [-0.39, 0.29) is 6.42 Å². The molecule has 1 atom stereocenters. The zero-order valence-corrected chi connectivity index (χ0v) is 9.11. The third-order valence-electron chi connectivity index (χ3n) is 2.81. The van der Waals surface area contributed by atoms with Crippen LogP contribution in [0, 0.1) is 5.92 Å². The normalized spacial score (nSPS) is 20.1. The smallest absolute Gasteiger partial charge is 0.303 e. The van der Waals surface area contributed by atoms with Crippen molar-refractivity contribution in [3.05, 3.63) is 17.8 Å². The molecule has 1 fully saturated rings. The largest absolute Gasteiger partial charge is 0.481 e. The van der Waals surface area contributed by atoms with Gasteiger partial charge in [-0.1, -0.05) is 0 Å². The molecule has 2 N–H and O–H groups in total. The van der Waals surface area contributed by atoms with Crippen LogP contribution in [0.15, 0.2) is 10.6 Å². The molecule has 0 spiro atoms. The molecule has 88 valence electrons. The molecule has 0 amide bonds. The summed E-state index contributed by atoms with van der Waals surface area (Å²) < 4.78 is 5.49. The summed E-state index contributed by atoms with van der Waals surface area (Å²) in [6, 6.07) is 0. The molecule has 2 heterocycles. The van der Waals surface area contributed by atoms with Crippen molar-refractivity contribution in [2.45, 2.75) is 25.7 Å². The summed E-state index contributed by atoms with van der Waals surface area (Å²) in [5, 5.41) is 11.8. The summed E-state index contributed by atoms with van der Waals surface area (Å²) in [6.45, 7) is 2.09. The van der Waals surface area contributed by atoms with Crippen LogP contribution in [0.5, 0.6) is 0 Å². The van der Waals surface area contributed by atoms with Crippen molar-refractivity contribution in [2.24, 2.45) is 5.92 Å². The topological polar surface area (TPSA) is 75.4 Å². The maximum atomic E-state index is 10.4. The minimum absolute atomic E-state index is 0.0968. The molecule has 0 bridgehead atoms. The van der Waals surface area contributed by atoms with Gasteiger partial charge < -0.3 is 14.8 Å². The predicted octanol–water partition coefficient (Wildman–Crippen LogP) is 0.844. The number of aromatic nitrogens is 1. The summed E-state index contributed by atoms with van der Waals surface area (Å²) in [7, 11) is 0. The van der Waals surface area contributed by atoms with Crippen molar-refractivity contribution in [2.75, 3.05) is 13.1 Å². The SMILES string of the molecule is O=C(O)CCc1cnc(CC2CCNC2)o1. The number of hydrogen-bond acceptors (Lipinski definition) is 4. The van der Waals surface area contributed by atoms with Crippen LogP contribution in [0.25, 0.3) is 0 Å². The number of aliphatic carboxylic acids is 1. The molecule has 1 aromatic heterocycles. The van der Waals surface area contributed by atoms with Gasteiger partial charge in [-0.15, -0.1) is 0 Å². The van der Waals surface area contributed by atoms with Crippen LogP contribution in [0.3, 0.4) is 0 Å². The minimum atomic E-state index is -0.807. The molecule has 5 heteroatoms. The first-order chi connectivity index (χ1) is 7.74. The Morgan fingerprint density at radius 2 is 2.56 bits per heavy atom. The summed E-state index contributed by atoms with van der Waals surface area (Å²) in [5.41, 5.74) is 0. The molecule has 1 aromatic rings. The van der Waals surface area contributed by atoms with Crippen LogP contribution in [-0.2, 0) is 17.6 Å². The van der Waals surface area contributed by atoms with Gasteiger partial charge in [0.15, 0.2) is 5.89 Å². The van der Waals surface area contributed by atoms with E-state index in [1.807, 2.05) is 0 Å². The predicted molar refractivity (Wildman–Crippen MR) is 57.1 cm³/mol. The van der Waals surface area contributed by atoms with Gasteiger partial charge in [0, 0.05) is 12.8 Å². The second kappa shape index (κ2) is 5.12. The fourth-order valence-corrected chi connectivity index (χ4v) is 1.92. The van der Waals surface area contributed by atoms with Gasteiger partial charge in [-0.3, -0.25) is 4.79 Å². The molecule has 1 unspecified atom stereocenters. The van der Waals surface area contributed by atoms with Crippen molar-refractivity contribution in [3.63, 3.8) is 0 Å². The second-order valence-corrected chi connectivity index (χ2v) is 4.18. The van der Waals surface area contributed by atoms with E-state index in [2.05, 4.69) is 10.3 Å². The summed E-state index contributed by atoms with van der Waals surface area (Å²) in [6.07, 6.45) is 4.17. The van der Waals surface area contributed by atoms with E-state index in [1.165, 1.54) is 0 Å². The van der Waals surface area contributed by atoms with Crippen molar-refractivity contribution in [1.82, 2.24) is 10.3 Å². The highest BCUT2D eigenvalue weighted by molar-refractivity contribution is 5.66. The van der Waals surface area contributed by atoms with E-state index >= 15 is 0 Å². The fourth-order valence-electron chi connectivity index (χ4n) is 1.92. The molecule has 0 aliphatic carbocycles. The van der Waals surface area contributed by atoms with Gasteiger partial charge in [0.1, 0.15) is 5.76 Å². The van der Waals surface area contributed by atoms with Gasteiger partial charge in [0.2, 0.25) is 0 Å². The molecular weight excluding hydrogens is 208 g/mol. The lowest BCUT2D eigenvalue weighted by molar-refractivity contribution is -0.137. The molecule has 1 aliphatic heterocycles. The number of nitrogens with one attached hydrogen (secondary N) is 1. The van der Waals surface area contributed by atoms with Crippen molar-refractivity contribution in [3.8, 4) is 0 Å². The van der Waals surface area contributed by atoms with Crippen molar-refractivity contribution >= 4 is 5.97 Å². The number of carboxylic acids is 1. The zero-order chi connectivity index (χ0) is 11.4. The van der Waals surface area contributed by atoms with E-state index in [1.54, 1.807) is 6.20 Å². The lowest BCUT2D eigenvalue weighted by Gasteiger charge is -2.03. The van der Waals surface area contributed by atoms with Gasteiger partial charge in [0.25, 0.3) is 0 Å². The maximum absolute atomic E-state index is 10.4. The number of carboxylic acid groups (broad SMARTS) is 1. The highest BCUT2D eigenvalue weighted by Gasteiger charge is 2.17. The van der Waals surface area contributed by atoms with Crippen LogP contribution in [-0.4, -0.2) is 29.1 Å². The molecule has 0 saturated carbocycles. The fraction of sp³-hybridized carbons (Fsp3) is 0.636. The van der Waals surface area contributed by atoms with E-state index in [9.17, 15) is 4.79 Å². The Morgan fingerprint density at radius 3 is 3.25 bits per heavy atom. The molecule has 2 rings (SSSR count). The van der Waals surface area contributed by atoms with E-state index in [4.69, 9.17) is 9.52 Å². The molecule has 16 heavy (non-hydrogen) atoms. The van der Waals surface area contributed by atoms with Crippen LogP contribution < -0.4 is 5.32 Å². The van der Waals surface area contributed by atoms with Gasteiger partial charge in [0.05, 0.1) is 12.6 Å². The number of nitrogens with zero attached hydrogens (tertiary/aromatic N) is 1. The number of hydrogen-bond donors (Lipinski definition) is 2. The number of rotatable bonds is 5. The highest BCUT2D eigenvalue weighted by atomic mass is 16.4. The Bertz CT molecular complexity index is 356. The summed E-state index contributed by atoms with van der Waals surface area (Å²) in [4.78, 5) is 14.6. The maximum Gasteiger partial charge on any atom is 0.303 e. The first kappa shape index (κ1) is 11.1. The lowest BCUT2D eigenvalue weighted by Crippen LogP contribution is -2.10. The highest BCUT2D eigenvalue weighted by Crippen LogP contribution is 2.15.